The first-order valence-corrected chi connectivity index (χ1v) is 10.6. The Hall–Kier alpha value is -2.72. The molecule has 29 heavy (non-hydrogen) atoms. The summed E-state index contributed by atoms with van der Waals surface area (Å²) in [6.07, 6.45) is 23.1. The maximum Gasteiger partial charge on any atom is 0.0420 e. The fourth-order valence-corrected chi connectivity index (χ4v) is 3.22. The molecule has 0 bridgehead atoms. The molecule has 0 radical (unpaired) electrons. The zero-order chi connectivity index (χ0) is 21.5. The molecular formula is C28H37N. The Labute approximate surface area is 179 Å². The Balaban J connectivity index is 2.69. The van der Waals surface area contributed by atoms with Crippen molar-refractivity contribution >= 4 is 0 Å². The van der Waals surface area contributed by atoms with Gasteiger partial charge in [0.05, 0.1) is 0 Å². The van der Waals surface area contributed by atoms with Gasteiger partial charge in [-0.2, -0.15) is 0 Å². The summed E-state index contributed by atoms with van der Waals surface area (Å²) in [7, 11) is 2.09. The number of hydrogen-bond donors (Lipinski definition) is 0. The van der Waals surface area contributed by atoms with Crippen LogP contribution >= 0.6 is 0 Å². The smallest absolute Gasteiger partial charge is 0.0420 e. The number of likely N-dealkylation sites (N-methyl/N-ethyl adjacent to an activating group) is 1. The molecular weight excluding hydrogens is 350 g/mol. The molecule has 1 heteroatoms. The molecule has 154 valence electrons. The summed E-state index contributed by atoms with van der Waals surface area (Å²) in [5, 5.41) is 0. The van der Waals surface area contributed by atoms with Crippen LogP contribution in [0.3, 0.4) is 0 Å². The molecule has 0 spiro atoms. The standard InChI is InChI=1S/C28H37N/c1-7-11-17-26(15-8-2)23-29(6)24(5)22-25(10-4)18-14-21-28-20-13-12-19-27(28)16-9-3/h1,10-15,17-20H,5,8-9,16,21-23H2,2-4,6H3/b17-11-,18-14-,25-10+,26-15+. The number of benzene rings is 1. The van der Waals surface area contributed by atoms with Crippen LogP contribution < -0.4 is 0 Å². The van der Waals surface area contributed by atoms with E-state index in [0.717, 1.165) is 37.9 Å². The first-order chi connectivity index (χ1) is 14.0. The predicted octanol–water partition coefficient (Wildman–Crippen LogP) is 7.05. The molecule has 0 saturated heterocycles. The van der Waals surface area contributed by atoms with Gasteiger partial charge in [-0.1, -0.05) is 81.3 Å². The van der Waals surface area contributed by atoms with Gasteiger partial charge >= 0.3 is 0 Å². The van der Waals surface area contributed by atoms with Crippen LogP contribution in [0.25, 0.3) is 0 Å². The Kier molecular flexibility index (Phi) is 12.0. The molecule has 0 atom stereocenters. The maximum atomic E-state index is 5.35. The van der Waals surface area contributed by atoms with Crippen molar-refractivity contribution in [1.29, 1.82) is 0 Å². The molecule has 0 saturated carbocycles. The van der Waals surface area contributed by atoms with Crippen molar-refractivity contribution < 1.29 is 0 Å². The minimum atomic E-state index is 0.815. The highest BCUT2D eigenvalue weighted by molar-refractivity contribution is 5.32. The second kappa shape index (κ2) is 14.3. The van der Waals surface area contributed by atoms with E-state index in [4.69, 9.17) is 6.42 Å². The van der Waals surface area contributed by atoms with Crippen LogP contribution in [0.2, 0.25) is 0 Å². The van der Waals surface area contributed by atoms with Crippen LogP contribution in [0.5, 0.6) is 0 Å². The Morgan fingerprint density at radius 3 is 2.48 bits per heavy atom. The average Bonchev–Trinajstić information content (AvgIpc) is 2.72. The summed E-state index contributed by atoms with van der Waals surface area (Å²) < 4.78 is 0. The third-order valence-electron chi connectivity index (χ3n) is 4.91. The van der Waals surface area contributed by atoms with Crippen LogP contribution in [0, 0.1) is 12.3 Å². The summed E-state index contributed by atoms with van der Waals surface area (Å²) in [5.41, 5.74) is 6.49. The molecule has 0 aliphatic heterocycles. The summed E-state index contributed by atoms with van der Waals surface area (Å²) in [6.45, 7) is 11.6. The van der Waals surface area contributed by atoms with E-state index < -0.39 is 0 Å². The van der Waals surface area contributed by atoms with Crippen LogP contribution in [0.15, 0.2) is 84.1 Å². The highest BCUT2D eigenvalue weighted by Gasteiger charge is 2.06. The second-order valence-electron chi connectivity index (χ2n) is 7.28. The molecule has 0 fully saturated rings. The molecule has 0 aromatic heterocycles. The van der Waals surface area contributed by atoms with Crippen LogP contribution in [-0.4, -0.2) is 18.5 Å². The highest BCUT2D eigenvalue weighted by Crippen LogP contribution is 2.17. The third kappa shape index (κ3) is 9.35. The van der Waals surface area contributed by atoms with Gasteiger partial charge in [0.2, 0.25) is 0 Å². The third-order valence-corrected chi connectivity index (χ3v) is 4.91. The Morgan fingerprint density at radius 2 is 1.86 bits per heavy atom. The van der Waals surface area contributed by atoms with Gasteiger partial charge in [0.15, 0.2) is 0 Å². The number of hydrogen-bond acceptors (Lipinski definition) is 1. The molecule has 0 amide bonds. The van der Waals surface area contributed by atoms with Gasteiger partial charge in [0.25, 0.3) is 0 Å². The summed E-state index contributed by atoms with van der Waals surface area (Å²) in [6, 6.07) is 8.75. The number of terminal acetylenes is 1. The fraction of sp³-hybridized carbons (Fsp3) is 0.357. The molecule has 0 N–H and O–H groups in total. The average molecular weight is 388 g/mol. The summed E-state index contributed by atoms with van der Waals surface area (Å²) in [4.78, 5) is 2.20. The first-order valence-electron chi connectivity index (χ1n) is 10.6. The lowest BCUT2D eigenvalue weighted by Crippen LogP contribution is -2.19. The van der Waals surface area contributed by atoms with E-state index in [1.165, 1.54) is 28.7 Å². The zero-order valence-corrected chi connectivity index (χ0v) is 18.7. The van der Waals surface area contributed by atoms with Gasteiger partial charge in [-0.25, -0.2) is 0 Å². The summed E-state index contributed by atoms with van der Waals surface area (Å²) in [5.74, 6) is 2.57. The quantitative estimate of drug-likeness (QED) is 0.274. The molecule has 0 aliphatic carbocycles. The van der Waals surface area contributed by atoms with Crippen LogP contribution in [0.1, 0.15) is 51.2 Å². The lowest BCUT2D eigenvalue weighted by atomic mass is 10.00. The van der Waals surface area contributed by atoms with Gasteiger partial charge < -0.3 is 4.90 Å². The topological polar surface area (TPSA) is 3.24 Å². The van der Waals surface area contributed by atoms with E-state index in [1.807, 2.05) is 6.08 Å². The number of rotatable bonds is 12. The van der Waals surface area contributed by atoms with Gasteiger partial charge in [-0.05, 0) is 60.6 Å². The Morgan fingerprint density at radius 1 is 1.14 bits per heavy atom. The molecule has 0 unspecified atom stereocenters. The number of aryl methyl sites for hydroxylation is 1. The molecule has 1 rings (SSSR count). The monoisotopic (exact) mass is 387 g/mol. The van der Waals surface area contributed by atoms with Crippen LogP contribution in [0.4, 0.5) is 0 Å². The first kappa shape index (κ1) is 24.3. The summed E-state index contributed by atoms with van der Waals surface area (Å²) >= 11 is 0. The van der Waals surface area contributed by atoms with Crippen molar-refractivity contribution in [3.63, 3.8) is 0 Å². The van der Waals surface area contributed by atoms with Crippen molar-refractivity contribution in [3.8, 4) is 12.3 Å². The van der Waals surface area contributed by atoms with E-state index in [0.29, 0.717) is 0 Å². The lowest BCUT2D eigenvalue weighted by Gasteiger charge is -2.23. The SMILES string of the molecule is C#C/C=C\C(=C/CC)CN(C)C(=C)CC(/C=C\Cc1ccccc1CCC)=C/C. The van der Waals surface area contributed by atoms with E-state index in [2.05, 4.69) is 93.8 Å². The molecule has 1 aromatic carbocycles. The van der Waals surface area contributed by atoms with E-state index in [-0.39, 0.29) is 0 Å². The van der Waals surface area contributed by atoms with Crippen molar-refractivity contribution in [3.05, 3.63) is 95.3 Å². The van der Waals surface area contributed by atoms with Crippen LogP contribution in [-0.2, 0) is 12.8 Å². The van der Waals surface area contributed by atoms with Crippen molar-refractivity contribution in [2.45, 2.75) is 52.9 Å². The Bertz CT molecular complexity index is 796. The van der Waals surface area contributed by atoms with E-state index in [9.17, 15) is 0 Å². The number of nitrogens with zero attached hydrogens (tertiary/aromatic N) is 1. The van der Waals surface area contributed by atoms with Gasteiger partial charge in [-0.3, -0.25) is 0 Å². The largest absolute Gasteiger partial charge is 0.374 e. The second-order valence-corrected chi connectivity index (χ2v) is 7.28. The van der Waals surface area contributed by atoms with Gasteiger partial charge in [0, 0.05) is 25.7 Å². The number of allylic oxidation sites excluding steroid dienone is 6. The lowest BCUT2D eigenvalue weighted by molar-refractivity contribution is 0.448. The predicted molar refractivity (Wildman–Crippen MR) is 130 cm³/mol. The van der Waals surface area contributed by atoms with Crippen molar-refractivity contribution in [1.82, 2.24) is 4.90 Å². The molecule has 1 nitrogen and oxygen atoms in total. The minimum absolute atomic E-state index is 0.815. The van der Waals surface area contributed by atoms with E-state index >= 15 is 0 Å². The molecule has 0 aliphatic rings. The fourth-order valence-electron chi connectivity index (χ4n) is 3.22. The molecule has 0 heterocycles. The normalized spacial score (nSPS) is 12.5. The molecule has 1 aromatic rings. The van der Waals surface area contributed by atoms with Crippen molar-refractivity contribution in [2.24, 2.45) is 0 Å². The maximum absolute atomic E-state index is 5.35. The zero-order valence-electron chi connectivity index (χ0n) is 18.7. The van der Waals surface area contributed by atoms with Crippen molar-refractivity contribution in [2.75, 3.05) is 13.6 Å². The van der Waals surface area contributed by atoms with E-state index in [1.54, 1.807) is 6.08 Å². The van der Waals surface area contributed by atoms with Gasteiger partial charge in [0.1, 0.15) is 0 Å². The van der Waals surface area contributed by atoms with Gasteiger partial charge in [-0.15, -0.1) is 6.42 Å². The minimum Gasteiger partial charge on any atom is -0.374 e. The highest BCUT2D eigenvalue weighted by atomic mass is 15.1.